The maximum atomic E-state index is 11.1. The number of nitro benzene ring substituents is 1. The fraction of sp³-hybridized carbons (Fsp3) is 0.364. The molecular weight excluding hydrogens is 338 g/mol. The third kappa shape index (κ3) is 2.92. The smallest absolute Gasteiger partial charge is 0.270 e. The number of nitrogens with one attached hydrogen (secondary N) is 2. The first-order chi connectivity index (χ1) is 13.2. The lowest BCUT2D eigenvalue weighted by molar-refractivity contribution is -0.384. The van der Waals surface area contributed by atoms with E-state index in [1.54, 1.807) is 12.1 Å². The Balaban J connectivity index is 1.43. The van der Waals surface area contributed by atoms with Crippen LogP contribution < -0.4 is 5.32 Å². The van der Waals surface area contributed by atoms with Gasteiger partial charge in [0.25, 0.3) is 5.69 Å². The predicted molar refractivity (Wildman–Crippen MR) is 106 cm³/mol. The quantitative estimate of drug-likeness (QED) is 0.529. The number of hydrogen-bond acceptors (Lipinski definition) is 3. The average molecular weight is 361 g/mol. The monoisotopic (exact) mass is 361 g/mol. The summed E-state index contributed by atoms with van der Waals surface area (Å²) in [6.07, 6.45) is 6.58. The highest BCUT2D eigenvalue weighted by molar-refractivity contribution is 5.87. The summed E-state index contributed by atoms with van der Waals surface area (Å²) in [6.45, 7) is 0. The van der Waals surface area contributed by atoms with Gasteiger partial charge in [0.15, 0.2) is 0 Å². The second-order valence-corrected chi connectivity index (χ2v) is 7.82. The van der Waals surface area contributed by atoms with E-state index in [9.17, 15) is 10.1 Å². The molecule has 5 heteroatoms. The van der Waals surface area contributed by atoms with Gasteiger partial charge in [0.05, 0.1) is 4.92 Å². The third-order valence-corrected chi connectivity index (χ3v) is 6.19. The minimum Gasteiger partial charge on any atom is -0.357 e. The first-order valence-corrected chi connectivity index (χ1v) is 9.81. The van der Waals surface area contributed by atoms with Crippen molar-refractivity contribution in [1.82, 2.24) is 10.3 Å². The van der Waals surface area contributed by atoms with E-state index in [4.69, 9.17) is 0 Å². The molecule has 2 atom stereocenters. The normalized spacial score (nSPS) is 21.6. The zero-order chi connectivity index (χ0) is 18.4. The highest BCUT2D eigenvalue weighted by Gasteiger charge is 2.28. The van der Waals surface area contributed by atoms with Crippen molar-refractivity contribution < 1.29 is 4.92 Å². The van der Waals surface area contributed by atoms with Crippen LogP contribution in [0.3, 0.4) is 0 Å². The Morgan fingerprint density at radius 3 is 2.78 bits per heavy atom. The zero-order valence-corrected chi connectivity index (χ0v) is 15.2. The summed E-state index contributed by atoms with van der Waals surface area (Å²) in [7, 11) is 0. The number of nitro groups is 1. The van der Waals surface area contributed by atoms with E-state index >= 15 is 0 Å². The molecule has 0 radical (unpaired) electrons. The number of fused-ring (bicyclic) bond motifs is 4. The molecule has 3 aromatic rings. The molecule has 0 saturated heterocycles. The molecule has 2 aromatic carbocycles. The summed E-state index contributed by atoms with van der Waals surface area (Å²) in [6, 6.07) is 14.7. The van der Waals surface area contributed by atoms with E-state index in [2.05, 4.69) is 34.6 Å². The minimum atomic E-state index is -0.309. The van der Waals surface area contributed by atoms with Crippen LogP contribution in [0.4, 0.5) is 5.69 Å². The molecule has 5 rings (SSSR count). The van der Waals surface area contributed by atoms with Crippen LogP contribution in [0.25, 0.3) is 10.9 Å². The molecule has 27 heavy (non-hydrogen) atoms. The van der Waals surface area contributed by atoms with Gasteiger partial charge in [0.1, 0.15) is 0 Å². The van der Waals surface area contributed by atoms with Crippen molar-refractivity contribution in [2.75, 3.05) is 0 Å². The maximum Gasteiger partial charge on any atom is 0.270 e. The van der Waals surface area contributed by atoms with Gasteiger partial charge in [-0.25, -0.2) is 0 Å². The largest absolute Gasteiger partial charge is 0.357 e. The number of nitrogens with zero attached hydrogens (tertiary/aromatic N) is 1. The van der Waals surface area contributed by atoms with Crippen LogP contribution >= 0.6 is 0 Å². The molecule has 0 saturated carbocycles. The summed E-state index contributed by atoms with van der Waals surface area (Å²) >= 11 is 0. The zero-order valence-electron chi connectivity index (χ0n) is 15.2. The number of rotatable bonds is 3. The van der Waals surface area contributed by atoms with Gasteiger partial charge in [0, 0.05) is 40.8 Å². The van der Waals surface area contributed by atoms with Gasteiger partial charge in [-0.1, -0.05) is 24.3 Å². The standard InChI is InChI=1S/C22H23N3O2/c26-25(27)17-10-11-20-19(13-17)18-6-3-7-21(22(18)24-20)23-16-9-8-14-4-1-2-5-15(14)12-16/h1-2,4-5,10-11,13,16,21,23-24H,3,6-9,12H2/t16-,21-/m0/s1. The van der Waals surface area contributed by atoms with Gasteiger partial charge >= 0.3 is 0 Å². The lowest BCUT2D eigenvalue weighted by Crippen LogP contribution is -2.38. The molecule has 2 aliphatic carbocycles. The summed E-state index contributed by atoms with van der Waals surface area (Å²) < 4.78 is 0. The topological polar surface area (TPSA) is 71.0 Å². The fourth-order valence-electron chi connectivity index (χ4n) is 4.86. The molecule has 0 unspecified atom stereocenters. The summed E-state index contributed by atoms with van der Waals surface area (Å²) in [4.78, 5) is 14.4. The van der Waals surface area contributed by atoms with Crippen molar-refractivity contribution in [2.45, 2.75) is 50.6 Å². The molecule has 0 fully saturated rings. The van der Waals surface area contributed by atoms with Crippen molar-refractivity contribution in [2.24, 2.45) is 0 Å². The van der Waals surface area contributed by atoms with Crippen molar-refractivity contribution in [3.05, 3.63) is 75.0 Å². The number of non-ortho nitro benzene ring substituents is 1. The number of aromatic amines is 1. The molecule has 1 heterocycles. The second kappa shape index (κ2) is 6.50. The molecule has 0 amide bonds. The van der Waals surface area contributed by atoms with Crippen LogP contribution in [0, 0.1) is 10.1 Å². The molecule has 1 aromatic heterocycles. The molecule has 0 aliphatic heterocycles. The minimum absolute atomic E-state index is 0.170. The third-order valence-electron chi connectivity index (χ3n) is 6.19. The van der Waals surface area contributed by atoms with E-state index in [1.807, 2.05) is 6.07 Å². The van der Waals surface area contributed by atoms with Crippen LogP contribution in [-0.4, -0.2) is 15.9 Å². The van der Waals surface area contributed by atoms with Gasteiger partial charge < -0.3 is 10.3 Å². The van der Waals surface area contributed by atoms with E-state index in [1.165, 1.54) is 22.4 Å². The maximum absolute atomic E-state index is 11.1. The Labute approximate surface area is 157 Å². The first-order valence-electron chi connectivity index (χ1n) is 9.81. The molecule has 0 spiro atoms. The highest BCUT2D eigenvalue weighted by atomic mass is 16.6. The van der Waals surface area contributed by atoms with Crippen LogP contribution in [0.15, 0.2) is 42.5 Å². The van der Waals surface area contributed by atoms with E-state index in [-0.39, 0.29) is 10.6 Å². The van der Waals surface area contributed by atoms with Crippen LogP contribution in [0.2, 0.25) is 0 Å². The predicted octanol–water partition coefficient (Wildman–Crippen LogP) is 4.60. The van der Waals surface area contributed by atoms with Crippen molar-refractivity contribution >= 4 is 16.6 Å². The number of aromatic nitrogens is 1. The summed E-state index contributed by atoms with van der Waals surface area (Å²) in [5.41, 5.74) is 6.61. The number of hydrogen-bond donors (Lipinski definition) is 2. The van der Waals surface area contributed by atoms with Crippen molar-refractivity contribution in [1.29, 1.82) is 0 Å². The van der Waals surface area contributed by atoms with Gasteiger partial charge in [0.2, 0.25) is 0 Å². The number of aryl methyl sites for hydroxylation is 2. The summed E-state index contributed by atoms with van der Waals surface area (Å²) in [5.74, 6) is 0. The highest BCUT2D eigenvalue weighted by Crippen LogP contribution is 2.37. The van der Waals surface area contributed by atoms with E-state index < -0.39 is 0 Å². The van der Waals surface area contributed by atoms with E-state index in [0.29, 0.717) is 12.1 Å². The summed E-state index contributed by atoms with van der Waals surface area (Å²) in [5, 5.41) is 16.0. The first kappa shape index (κ1) is 16.5. The van der Waals surface area contributed by atoms with Gasteiger partial charge in [-0.15, -0.1) is 0 Å². The molecular formula is C22H23N3O2. The fourth-order valence-corrected chi connectivity index (χ4v) is 4.86. The second-order valence-electron chi connectivity index (χ2n) is 7.82. The lowest BCUT2D eigenvalue weighted by atomic mass is 9.86. The Hall–Kier alpha value is -2.66. The van der Waals surface area contributed by atoms with Crippen LogP contribution in [-0.2, 0) is 19.3 Å². The Morgan fingerprint density at radius 2 is 1.93 bits per heavy atom. The SMILES string of the molecule is O=[N+]([O-])c1ccc2[nH]c3c(c2c1)CCC[C@@H]3N[C@H]1CCc2ccccc2C1. The average Bonchev–Trinajstić information content (AvgIpc) is 3.07. The molecule has 2 aliphatic rings. The van der Waals surface area contributed by atoms with Crippen molar-refractivity contribution in [3.8, 4) is 0 Å². The molecule has 2 N–H and O–H groups in total. The van der Waals surface area contributed by atoms with Crippen LogP contribution in [0.1, 0.15) is 47.7 Å². The van der Waals surface area contributed by atoms with Gasteiger partial charge in [-0.3, -0.25) is 10.1 Å². The Morgan fingerprint density at radius 1 is 1.07 bits per heavy atom. The molecule has 5 nitrogen and oxygen atoms in total. The lowest BCUT2D eigenvalue weighted by Gasteiger charge is -2.32. The van der Waals surface area contributed by atoms with Gasteiger partial charge in [-0.05, 0) is 61.3 Å². The number of benzene rings is 2. The molecule has 138 valence electrons. The van der Waals surface area contributed by atoms with Gasteiger partial charge in [-0.2, -0.15) is 0 Å². The van der Waals surface area contributed by atoms with Crippen molar-refractivity contribution in [3.63, 3.8) is 0 Å². The Kier molecular flexibility index (Phi) is 3.97. The molecule has 0 bridgehead atoms. The number of H-pyrrole nitrogens is 1. The Bertz CT molecular complexity index is 1020. The van der Waals surface area contributed by atoms with Crippen LogP contribution in [0.5, 0.6) is 0 Å². The van der Waals surface area contributed by atoms with E-state index in [0.717, 1.165) is 49.4 Å².